The summed E-state index contributed by atoms with van der Waals surface area (Å²) < 4.78 is 0. The van der Waals surface area contributed by atoms with E-state index in [4.69, 9.17) is 5.84 Å². The van der Waals surface area contributed by atoms with Gasteiger partial charge in [0, 0.05) is 18.4 Å². The van der Waals surface area contributed by atoms with Crippen LogP contribution in [0.3, 0.4) is 0 Å². The van der Waals surface area contributed by atoms with Gasteiger partial charge in [0.05, 0.1) is 0 Å². The molecule has 1 heterocycles. The van der Waals surface area contributed by atoms with Crippen molar-refractivity contribution in [2.75, 3.05) is 0 Å². The number of hydrogen-bond donors (Lipinski definition) is 3. The van der Waals surface area contributed by atoms with Crippen LogP contribution in [0.5, 0.6) is 0 Å². The number of aromatic nitrogens is 1. The molecule has 3 heteroatoms. The molecule has 0 saturated carbocycles. The van der Waals surface area contributed by atoms with E-state index in [0.717, 1.165) is 0 Å². The highest BCUT2D eigenvalue weighted by Gasteiger charge is 1.99. The third-order valence-electron chi connectivity index (χ3n) is 1.37. The standard InChI is InChI=1S/C6H11N3/c1-5(9-7)6-2-3-8-4-6/h2-5,8-9H,7H2,1H3. The van der Waals surface area contributed by atoms with E-state index in [1.807, 2.05) is 25.4 Å². The first-order chi connectivity index (χ1) is 4.34. The van der Waals surface area contributed by atoms with Crippen LogP contribution in [-0.4, -0.2) is 4.98 Å². The monoisotopic (exact) mass is 125 g/mol. The molecule has 50 valence electrons. The van der Waals surface area contributed by atoms with Gasteiger partial charge in [-0.25, -0.2) is 0 Å². The van der Waals surface area contributed by atoms with E-state index >= 15 is 0 Å². The van der Waals surface area contributed by atoms with Crippen LogP contribution in [0.15, 0.2) is 18.5 Å². The van der Waals surface area contributed by atoms with Crippen molar-refractivity contribution in [3.8, 4) is 0 Å². The Morgan fingerprint density at radius 2 is 2.56 bits per heavy atom. The number of nitrogens with two attached hydrogens (primary N) is 1. The zero-order valence-corrected chi connectivity index (χ0v) is 5.39. The largest absolute Gasteiger partial charge is 0.367 e. The Labute approximate surface area is 54.2 Å². The lowest BCUT2D eigenvalue weighted by Gasteiger charge is -2.05. The Hall–Kier alpha value is -0.800. The summed E-state index contributed by atoms with van der Waals surface area (Å²) in [5, 5.41) is 0. The predicted molar refractivity (Wildman–Crippen MR) is 36.5 cm³/mol. The van der Waals surface area contributed by atoms with E-state index in [1.54, 1.807) is 0 Å². The van der Waals surface area contributed by atoms with Crippen molar-refractivity contribution in [2.45, 2.75) is 13.0 Å². The molecule has 0 aromatic carbocycles. The summed E-state index contributed by atoms with van der Waals surface area (Å²) in [6.07, 6.45) is 3.80. The molecular weight excluding hydrogens is 114 g/mol. The molecule has 0 aliphatic heterocycles. The highest BCUT2D eigenvalue weighted by molar-refractivity contribution is 5.12. The fourth-order valence-corrected chi connectivity index (χ4v) is 0.702. The Balaban J connectivity index is 2.65. The summed E-state index contributed by atoms with van der Waals surface area (Å²) in [7, 11) is 0. The van der Waals surface area contributed by atoms with Gasteiger partial charge in [-0.3, -0.25) is 11.3 Å². The lowest BCUT2D eigenvalue weighted by Crippen LogP contribution is -2.25. The van der Waals surface area contributed by atoms with Crippen molar-refractivity contribution in [2.24, 2.45) is 5.84 Å². The fourth-order valence-electron chi connectivity index (χ4n) is 0.702. The van der Waals surface area contributed by atoms with E-state index in [-0.39, 0.29) is 6.04 Å². The zero-order chi connectivity index (χ0) is 6.69. The molecule has 1 unspecified atom stereocenters. The van der Waals surface area contributed by atoms with Gasteiger partial charge in [-0.2, -0.15) is 0 Å². The molecule has 0 amide bonds. The van der Waals surface area contributed by atoms with Crippen LogP contribution in [0, 0.1) is 0 Å². The first-order valence-corrected chi connectivity index (χ1v) is 2.93. The van der Waals surface area contributed by atoms with Gasteiger partial charge in [0.2, 0.25) is 0 Å². The molecule has 0 spiro atoms. The van der Waals surface area contributed by atoms with Gasteiger partial charge in [0.25, 0.3) is 0 Å². The van der Waals surface area contributed by atoms with Crippen molar-refractivity contribution < 1.29 is 0 Å². The van der Waals surface area contributed by atoms with Crippen molar-refractivity contribution >= 4 is 0 Å². The van der Waals surface area contributed by atoms with Crippen molar-refractivity contribution in [1.29, 1.82) is 0 Å². The molecule has 0 bridgehead atoms. The van der Waals surface area contributed by atoms with Gasteiger partial charge in [0.15, 0.2) is 0 Å². The van der Waals surface area contributed by atoms with Crippen molar-refractivity contribution in [3.63, 3.8) is 0 Å². The molecule has 3 nitrogen and oxygen atoms in total. The molecule has 1 atom stereocenters. The highest BCUT2D eigenvalue weighted by atomic mass is 15.2. The van der Waals surface area contributed by atoms with Gasteiger partial charge in [0.1, 0.15) is 0 Å². The molecule has 9 heavy (non-hydrogen) atoms. The second-order valence-electron chi connectivity index (χ2n) is 2.03. The molecule has 0 radical (unpaired) electrons. The minimum Gasteiger partial charge on any atom is -0.367 e. The second kappa shape index (κ2) is 2.66. The summed E-state index contributed by atoms with van der Waals surface area (Å²) in [5.41, 5.74) is 3.83. The Bertz CT molecular complexity index is 157. The van der Waals surface area contributed by atoms with Crippen LogP contribution in [0.2, 0.25) is 0 Å². The fraction of sp³-hybridized carbons (Fsp3) is 0.333. The third-order valence-corrected chi connectivity index (χ3v) is 1.37. The maximum atomic E-state index is 5.20. The average Bonchev–Trinajstić information content (AvgIpc) is 2.37. The summed E-state index contributed by atoms with van der Waals surface area (Å²) >= 11 is 0. The third kappa shape index (κ3) is 1.31. The normalized spacial score (nSPS) is 13.6. The second-order valence-corrected chi connectivity index (χ2v) is 2.03. The zero-order valence-electron chi connectivity index (χ0n) is 5.39. The number of hydrazine groups is 1. The number of nitrogens with one attached hydrogen (secondary N) is 2. The van der Waals surface area contributed by atoms with Crippen LogP contribution >= 0.6 is 0 Å². The molecule has 0 aliphatic rings. The number of rotatable bonds is 2. The summed E-state index contributed by atoms with van der Waals surface area (Å²) in [4.78, 5) is 2.95. The Kier molecular flexibility index (Phi) is 1.87. The van der Waals surface area contributed by atoms with E-state index < -0.39 is 0 Å². The Morgan fingerprint density at radius 3 is 3.00 bits per heavy atom. The van der Waals surface area contributed by atoms with Gasteiger partial charge in [-0.15, -0.1) is 0 Å². The molecule has 1 aromatic heterocycles. The molecule has 0 saturated heterocycles. The molecule has 1 rings (SSSR count). The minimum absolute atomic E-state index is 0.233. The van der Waals surface area contributed by atoms with Crippen molar-refractivity contribution in [1.82, 2.24) is 10.4 Å². The van der Waals surface area contributed by atoms with Crippen LogP contribution in [0.1, 0.15) is 18.5 Å². The first-order valence-electron chi connectivity index (χ1n) is 2.93. The molecular formula is C6H11N3. The number of aromatic amines is 1. The maximum absolute atomic E-state index is 5.20. The SMILES string of the molecule is CC(NN)c1cc[nH]c1. The predicted octanol–water partition coefficient (Wildman–Crippen LogP) is 0.539. The van der Waals surface area contributed by atoms with E-state index in [2.05, 4.69) is 10.4 Å². The minimum atomic E-state index is 0.233. The first kappa shape index (κ1) is 6.32. The van der Waals surface area contributed by atoms with E-state index in [9.17, 15) is 0 Å². The van der Waals surface area contributed by atoms with E-state index in [1.165, 1.54) is 5.56 Å². The Morgan fingerprint density at radius 1 is 1.78 bits per heavy atom. The van der Waals surface area contributed by atoms with Crippen LogP contribution < -0.4 is 11.3 Å². The molecule has 4 N–H and O–H groups in total. The summed E-state index contributed by atoms with van der Waals surface area (Å²) in [6.45, 7) is 2.00. The van der Waals surface area contributed by atoms with E-state index in [0.29, 0.717) is 0 Å². The smallest absolute Gasteiger partial charge is 0.0446 e. The molecule has 1 aromatic rings. The van der Waals surface area contributed by atoms with Crippen LogP contribution in [0.4, 0.5) is 0 Å². The van der Waals surface area contributed by atoms with Crippen molar-refractivity contribution in [3.05, 3.63) is 24.0 Å². The quantitative estimate of drug-likeness (QED) is 0.399. The van der Waals surface area contributed by atoms with Crippen LogP contribution in [-0.2, 0) is 0 Å². The lowest BCUT2D eigenvalue weighted by molar-refractivity contribution is 0.603. The maximum Gasteiger partial charge on any atom is 0.0446 e. The topological polar surface area (TPSA) is 53.8 Å². The van der Waals surface area contributed by atoms with Crippen LogP contribution in [0.25, 0.3) is 0 Å². The van der Waals surface area contributed by atoms with Gasteiger partial charge >= 0.3 is 0 Å². The number of hydrogen-bond acceptors (Lipinski definition) is 2. The van der Waals surface area contributed by atoms with Gasteiger partial charge in [-0.05, 0) is 18.6 Å². The average molecular weight is 125 g/mol. The summed E-state index contributed by atoms with van der Waals surface area (Å²) in [6, 6.07) is 2.22. The molecule has 0 fully saturated rings. The lowest BCUT2D eigenvalue weighted by atomic mass is 10.2. The number of H-pyrrole nitrogens is 1. The summed E-state index contributed by atoms with van der Waals surface area (Å²) in [5.74, 6) is 5.20. The highest BCUT2D eigenvalue weighted by Crippen LogP contribution is 2.07. The van der Waals surface area contributed by atoms with Gasteiger partial charge in [-0.1, -0.05) is 0 Å². The van der Waals surface area contributed by atoms with Gasteiger partial charge < -0.3 is 4.98 Å². The molecule has 0 aliphatic carbocycles.